The van der Waals surface area contributed by atoms with E-state index in [1.54, 1.807) is 4.42 Å². The van der Waals surface area contributed by atoms with Gasteiger partial charge in [0.05, 0.1) is 11.0 Å². The van der Waals surface area contributed by atoms with E-state index in [2.05, 4.69) is 0 Å². The summed E-state index contributed by atoms with van der Waals surface area (Å²) in [6, 6.07) is 0.0941. The smallest absolute Gasteiger partial charge is 0.156 e. The Hall–Kier alpha value is 0.200. The normalized spacial score (nSPS) is 44.5. The molecule has 2 aliphatic rings. The third-order valence-electron chi connectivity index (χ3n) is 2.24. The van der Waals surface area contributed by atoms with Crippen LogP contribution in [-0.4, -0.2) is 36.4 Å². The molecule has 0 aliphatic carbocycles. The van der Waals surface area contributed by atoms with Crippen molar-refractivity contribution in [2.75, 3.05) is 12.3 Å². The van der Waals surface area contributed by atoms with E-state index in [9.17, 15) is 8.42 Å². The monoisotopic (exact) mass is 181 g/mol. The van der Waals surface area contributed by atoms with Crippen molar-refractivity contribution in [2.45, 2.75) is 17.7 Å². The highest BCUT2D eigenvalue weighted by Crippen LogP contribution is 2.33. The molecule has 2 bridgehead atoms. The summed E-state index contributed by atoms with van der Waals surface area (Å²) in [7, 11) is -2.75. The fourth-order valence-electron chi connectivity index (χ4n) is 1.65. The van der Waals surface area contributed by atoms with E-state index in [1.807, 2.05) is 0 Å². The van der Waals surface area contributed by atoms with Crippen molar-refractivity contribution in [3.63, 3.8) is 0 Å². The molecule has 0 aromatic heterocycles. The van der Waals surface area contributed by atoms with Crippen LogP contribution in [0.2, 0.25) is 0 Å². The maximum atomic E-state index is 11.1. The average Bonchev–Trinajstić information content (AvgIpc) is 2.21. The maximum Gasteiger partial charge on any atom is 0.156 e. The molecule has 2 rings (SSSR count). The third kappa shape index (κ3) is 0.790. The lowest BCUT2D eigenvalue weighted by atomic mass is 10.3. The minimum absolute atomic E-state index is 0.0941. The van der Waals surface area contributed by atoms with Crippen LogP contribution >= 0.6 is 11.8 Å². The highest BCUT2D eigenvalue weighted by Gasteiger charge is 2.47. The predicted octanol–water partition coefficient (Wildman–Crippen LogP) is 0.0115. The van der Waals surface area contributed by atoms with Gasteiger partial charge in [0.1, 0.15) is 0 Å². The summed E-state index contributed by atoms with van der Waals surface area (Å²) in [5.41, 5.74) is 0. The van der Waals surface area contributed by atoms with Gasteiger partial charge in [0, 0.05) is 12.6 Å². The van der Waals surface area contributed by atoms with Gasteiger partial charge >= 0.3 is 0 Å². The molecule has 0 aromatic carbocycles. The Kier molecular flexibility index (Phi) is 1.29. The first-order valence-electron chi connectivity index (χ1n) is 3.23. The molecule has 10 heavy (non-hydrogen) atoms. The molecular formula is C5H8ClNO2S. The first-order valence-corrected chi connectivity index (χ1v) is 5.29. The Labute approximate surface area is 65.0 Å². The molecule has 0 N–H and O–H groups in total. The third-order valence-corrected chi connectivity index (χ3v) is 4.86. The molecule has 3 nitrogen and oxygen atoms in total. The van der Waals surface area contributed by atoms with Gasteiger partial charge in [0.2, 0.25) is 0 Å². The van der Waals surface area contributed by atoms with Gasteiger partial charge in [0.15, 0.2) is 9.84 Å². The number of hydrogen-bond acceptors (Lipinski definition) is 3. The molecule has 0 amide bonds. The number of nitrogens with zero attached hydrogens (tertiary/aromatic N) is 1. The molecule has 0 aromatic rings. The topological polar surface area (TPSA) is 37.4 Å². The molecular weight excluding hydrogens is 174 g/mol. The molecule has 2 aliphatic heterocycles. The summed E-state index contributed by atoms with van der Waals surface area (Å²) in [6.45, 7) is 0.522. The van der Waals surface area contributed by atoms with Crippen molar-refractivity contribution >= 4 is 21.6 Å². The lowest BCUT2D eigenvalue weighted by molar-refractivity contribution is 0.441. The zero-order valence-electron chi connectivity index (χ0n) is 5.33. The van der Waals surface area contributed by atoms with Crippen LogP contribution in [0.15, 0.2) is 0 Å². The van der Waals surface area contributed by atoms with Crippen LogP contribution in [0, 0.1) is 0 Å². The van der Waals surface area contributed by atoms with Crippen LogP contribution in [0.25, 0.3) is 0 Å². The standard InChI is InChI=1S/C5H8ClNO2S/c6-7-2-5-1-4(7)3-10(5,8)9/h4-5H,1-3H2/t4-,5-/m0/s1. The lowest BCUT2D eigenvalue weighted by Crippen LogP contribution is -2.34. The number of halogens is 1. The summed E-state index contributed by atoms with van der Waals surface area (Å²) < 4.78 is 23.8. The van der Waals surface area contributed by atoms with Crippen molar-refractivity contribution in [1.29, 1.82) is 0 Å². The average molecular weight is 182 g/mol. The van der Waals surface area contributed by atoms with Crippen LogP contribution in [0.3, 0.4) is 0 Å². The quantitative estimate of drug-likeness (QED) is 0.495. The second-order valence-electron chi connectivity index (χ2n) is 2.92. The van der Waals surface area contributed by atoms with E-state index in [1.165, 1.54) is 0 Å². The zero-order chi connectivity index (χ0) is 7.35. The van der Waals surface area contributed by atoms with E-state index in [-0.39, 0.29) is 17.0 Å². The van der Waals surface area contributed by atoms with Crippen LogP contribution in [0.5, 0.6) is 0 Å². The van der Waals surface area contributed by atoms with Gasteiger partial charge in [-0.3, -0.25) is 0 Å². The van der Waals surface area contributed by atoms with Gasteiger partial charge in [-0.15, -0.1) is 0 Å². The zero-order valence-corrected chi connectivity index (χ0v) is 6.90. The molecule has 2 atom stereocenters. The van der Waals surface area contributed by atoms with E-state index in [0.29, 0.717) is 6.54 Å². The maximum absolute atomic E-state index is 11.1. The first-order chi connectivity index (χ1) is 4.59. The second-order valence-corrected chi connectivity index (χ2v) is 5.68. The molecule has 0 spiro atoms. The number of sulfone groups is 1. The van der Waals surface area contributed by atoms with Crippen molar-refractivity contribution in [3.8, 4) is 0 Å². The van der Waals surface area contributed by atoms with E-state index >= 15 is 0 Å². The molecule has 0 radical (unpaired) electrons. The Morgan fingerprint density at radius 1 is 1.50 bits per heavy atom. The molecule has 58 valence electrons. The van der Waals surface area contributed by atoms with E-state index in [0.717, 1.165) is 6.42 Å². The number of rotatable bonds is 0. The van der Waals surface area contributed by atoms with Crippen molar-refractivity contribution < 1.29 is 8.42 Å². The Morgan fingerprint density at radius 2 is 2.20 bits per heavy atom. The number of hydrogen-bond donors (Lipinski definition) is 0. The minimum Gasteiger partial charge on any atom is -0.228 e. The Bertz CT molecular complexity index is 248. The molecule has 2 fully saturated rings. The summed E-state index contributed by atoms with van der Waals surface area (Å²) >= 11 is 5.70. The second kappa shape index (κ2) is 1.87. The highest BCUT2D eigenvalue weighted by molar-refractivity contribution is 7.92. The number of fused-ring (bicyclic) bond motifs is 2. The van der Waals surface area contributed by atoms with Crippen molar-refractivity contribution in [3.05, 3.63) is 0 Å². The molecule has 5 heteroatoms. The summed E-state index contributed by atoms with van der Waals surface area (Å²) in [5.74, 6) is 0.265. The van der Waals surface area contributed by atoms with Gasteiger partial charge in [0.25, 0.3) is 0 Å². The highest BCUT2D eigenvalue weighted by atomic mass is 35.5. The Balaban J connectivity index is 2.32. The fraction of sp³-hybridized carbons (Fsp3) is 1.00. The summed E-state index contributed by atoms with van der Waals surface area (Å²) in [5, 5.41) is -0.171. The molecule has 0 saturated carbocycles. The van der Waals surface area contributed by atoms with E-state index in [4.69, 9.17) is 11.8 Å². The summed E-state index contributed by atoms with van der Waals surface area (Å²) in [4.78, 5) is 0. The van der Waals surface area contributed by atoms with Gasteiger partial charge < -0.3 is 0 Å². The largest absolute Gasteiger partial charge is 0.228 e. The molecule has 2 saturated heterocycles. The molecule has 2 heterocycles. The molecule has 0 unspecified atom stereocenters. The Morgan fingerprint density at radius 3 is 2.50 bits per heavy atom. The SMILES string of the molecule is O=S1(=O)C[C@@H]2C[C@H]1CN2Cl. The van der Waals surface area contributed by atoms with E-state index < -0.39 is 9.84 Å². The first kappa shape index (κ1) is 6.88. The van der Waals surface area contributed by atoms with Gasteiger partial charge in [-0.1, -0.05) is 0 Å². The summed E-state index contributed by atoms with van der Waals surface area (Å²) in [6.07, 6.45) is 0.742. The van der Waals surface area contributed by atoms with Crippen molar-refractivity contribution in [1.82, 2.24) is 4.42 Å². The van der Waals surface area contributed by atoms with Crippen LogP contribution in [0.4, 0.5) is 0 Å². The van der Waals surface area contributed by atoms with Crippen molar-refractivity contribution in [2.24, 2.45) is 0 Å². The van der Waals surface area contributed by atoms with Crippen LogP contribution in [-0.2, 0) is 9.84 Å². The van der Waals surface area contributed by atoms with Gasteiger partial charge in [-0.2, -0.15) is 0 Å². The van der Waals surface area contributed by atoms with Gasteiger partial charge in [-0.05, 0) is 18.2 Å². The fourth-order valence-corrected chi connectivity index (χ4v) is 4.16. The van der Waals surface area contributed by atoms with Gasteiger partial charge in [-0.25, -0.2) is 12.8 Å². The lowest BCUT2D eigenvalue weighted by Gasteiger charge is -2.18. The predicted molar refractivity (Wildman–Crippen MR) is 38.5 cm³/mol. The minimum atomic E-state index is -2.75. The van der Waals surface area contributed by atoms with Crippen LogP contribution in [0.1, 0.15) is 6.42 Å². The van der Waals surface area contributed by atoms with Crippen LogP contribution < -0.4 is 0 Å².